The largest absolute Gasteiger partial charge is 0.497 e. The van der Waals surface area contributed by atoms with Gasteiger partial charge in [-0.1, -0.05) is 6.07 Å². The van der Waals surface area contributed by atoms with Gasteiger partial charge in [0.2, 0.25) is 0 Å². The van der Waals surface area contributed by atoms with Gasteiger partial charge in [0.1, 0.15) is 11.5 Å². The van der Waals surface area contributed by atoms with Gasteiger partial charge in [-0.2, -0.15) is 0 Å². The smallest absolute Gasteiger partial charge is 0.160 e. The molecule has 0 spiro atoms. The molecule has 0 atom stereocenters. The summed E-state index contributed by atoms with van der Waals surface area (Å²) >= 11 is 0. The molecule has 0 unspecified atom stereocenters. The molecule has 0 fully saturated rings. The third-order valence-corrected chi connectivity index (χ3v) is 3.56. The fourth-order valence-electron chi connectivity index (χ4n) is 2.34. The van der Waals surface area contributed by atoms with Crippen molar-refractivity contribution in [1.29, 1.82) is 0 Å². The second kappa shape index (κ2) is 7.59. The van der Waals surface area contributed by atoms with Crippen LogP contribution in [0.4, 0.5) is 0 Å². The highest BCUT2D eigenvalue weighted by Crippen LogP contribution is 2.28. The maximum absolute atomic E-state index is 5.34. The van der Waals surface area contributed by atoms with E-state index < -0.39 is 0 Å². The quantitative estimate of drug-likeness (QED) is 0.784. The Morgan fingerprint density at radius 2 is 1.18 bits per heavy atom. The van der Waals surface area contributed by atoms with Gasteiger partial charge in [0.15, 0.2) is 11.5 Å². The van der Waals surface area contributed by atoms with E-state index >= 15 is 0 Å². The van der Waals surface area contributed by atoms with E-state index in [9.17, 15) is 0 Å². The molecule has 0 aliphatic heterocycles. The van der Waals surface area contributed by atoms with Crippen molar-refractivity contribution < 1.29 is 18.9 Å². The van der Waals surface area contributed by atoms with Crippen molar-refractivity contribution in [3.8, 4) is 23.0 Å². The Morgan fingerprint density at radius 1 is 0.591 bits per heavy atom. The summed E-state index contributed by atoms with van der Waals surface area (Å²) in [5, 5.41) is 0. The van der Waals surface area contributed by atoms with E-state index in [-0.39, 0.29) is 0 Å². The molecule has 4 heteroatoms. The molecule has 0 heterocycles. The molecule has 22 heavy (non-hydrogen) atoms. The van der Waals surface area contributed by atoms with Gasteiger partial charge in [-0.15, -0.1) is 0 Å². The van der Waals surface area contributed by atoms with E-state index in [0.717, 1.165) is 35.8 Å². The van der Waals surface area contributed by atoms with Crippen LogP contribution in [0, 0.1) is 0 Å². The molecule has 2 aromatic carbocycles. The van der Waals surface area contributed by atoms with Gasteiger partial charge in [0.25, 0.3) is 0 Å². The second-order valence-electron chi connectivity index (χ2n) is 4.91. The Kier molecular flexibility index (Phi) is 5.53. The first-order valence-electron chi connectivity index (χ1n) is 7.13. The van der Waals surface area contributed by atoms with Gasteiger partial charge in [-0.25, -0.2) is 0 Å². The van der Waals surface area contributed by atoms with Crippen LogP contribution >= 0.6 is 0 Å². The fraction of sp³-hybridized carbons (Fsp3) is 0.333. The average molecular weight is 302 g/mol. The molecule has 0 radical (unpaired) electrons. The third-order valence-electron chi connectivity index (χ3n) is 3.56. The number of methoxy groups -OCH3 is 4. The predicted molar refractivity (Wildman–Crippen MR) is 86.5 cm³/mol. The lowest BCUT2D eigenvalue weighted by atomic mass is 10.0. The predicted octanol–water partition coefficient (Wildman–Crippen LogP) is 3.51. The topological polar surface area (TPSA) is 36.9 Å². The lowest BCUT2D eigenvalue weighted by Gasteiger charge is -2.11. The molecule has 0 aliphatic carbocycles. The SMILES string of the molecule is COc1cc(CCc2ccc(OC)c(OC)c2)cc(OC)c1. The van der Waals surface area contributed by atoms with E-state index in [2.05, 4.69) is 6.07 Å². The minimum atomic E-state index is 0.745. The molecule has 2 aromatic rings. The van der Waals surface area contributed by atoms with Crippen molar-refractivity contribution >= 4 is 0 Å². The lowest BCUT2D eigenvalue weighted by Crippen LogP contribution is -1.96. The van der Waals surface area contributed by atoms with E-state index in [1.165, 1.54) is 11.1 Å². The standard InChI is InChI=1S/C18H22O4/c1-19-15-9-14(10-16(12-15)20-2)6-5-13-7-8-17(21-3)18(11-13)22-4/h7-12H,5-6H2,1-4H3. The molecule has 0 saturated carbocycles. The number of aryl methyl sites for hydroxylation is 2. The van der Waals surface area contributed by atoms with Crippen LogP contribution in [0.5, 0.6) is 23.0 Å². The Balaban J connectivity index is 2.12. The molecule has 2 rings (SSSR count). The van der Waals surface area contributed by atoms with Crippen LogP contribution in [0.25, 0.3) is 0 Å². The Bertz CT molecular complexity index is 600. The fourth-order valence-corrected chi connectivity index (χ4v) is 2.34. The third kappa shape index (κ3) is 3.85. The normalized spacial score (nSPS) is 10.2. The highest BCUT2D eigenvalue weighted by atomic mass is 16.5. The first kappa shape index (κ1) is 16.0. The maximum Gasteiger partial charge on any atom is 0.160 e. The molecule has 0 aliphatic rings. The van der Waals surface area contributed by atoms with Crippen molar-refractivity contribution in [2.45, 2.75) is 12.8 Å². The minimum absolute atomic E-state index is 0.745. The average Bonchev–Trinajstić information content (AvgIpc) is 2.59. The highest BCUT2D eigenvalue weighted by Gasteiger charge is 2.06. The summed E-state index contributed by atoms with van der Waals surface area (Å²) in [6, 6.07) is 11.9. The number of rotatable bonds is 7. The summed E-state index contributed by atoms with van der Waals surface area (Å²) in [5.41, 5.74) is 2.37. The lowest BCUT2D eigenvalue weighted by molar-refractivity contribution is 0.354. The van der Waals surface area contributed by atoms with Crippen LogP contribution < -0.4 is 18.9 Å². The maximum atomic E-state index is 5.34. The van der Waals surface area contributed by atoms with Crippen LogP contribution in [0.3, 0.4) is 0 Å². The monoisotopic (exact) mass is 302 g/mol. The molecule has 0 amide bonds. The number of hydrogen-bond donors (Lipinski definition) is 0. The summed E-state index contributed by atoms with van der Waals surface area (Å²) in [6.45, 7) is 0. The molecule has 0 N–H and O–H groups in total. The molecule has 0 bridgehead atoms. The summed E-state index contributed by atoms with van der Waals surface area (Å²) in [4.78, 5) is 0. The van der Waals surface area contributed by atoms with E-state index in [0.29, 0.717) is 0 Å². The molecule has 0 saturated heterocycles. The molecule has 4 nitrogen and oxygen atoms in total. The molecular formula is C18H22O4. The van der Waals surface area contributed by atoms with Gasteiger partial charge in [-0.05, 0) is 48.2 Å². The van der Waals surface area contributed by atoms with Crippen LogP contribution in [-0.2, 0) is 12.8 Å². The van der Waals surface area contributed by atoms with Crippen molar-refractivity contribution in [3.05, 3.63) is 47.5 Å². The van der Waals surface area contributed by atoms with E-state index in [1.54, 1.807) is 28.4 Å². The number of ether oxygens (including phenoxy) is 4. The van der Waals surface area contributed by atoms with Crippen LogP contribution in [0.2, 0.25) is 0 Å². The van der Waals surface area contributed by atoms with Gasteiger partial charge >= 0.3 is 0 Å². The zero-order valence-electron chi connectivity index (χ0n) is 13.5. The molecule has 0 aromatic heterocycles. The van der Waals surface area contributed by atoms with E-state index in [4.69, 9.17) is 18.9 Å². The summed E-state index contributed by atoms with van der Waals surface area (Å²) in [5.74, 6) is 3.11. The van der Waals surface area contributed by atoms with Crippen molar-refractivity contribution in [2.75, 3.05) is 28.4 Å². The zero-order chi connectivity index (χ0) is 15.9. The Morgan fingerprint density at radius 3 is 1.73 bits per heavy atom. The zero-order valence-corrected chi connectivity index (χ0v) is 13.5. The Labute approximate surface area is 131 Å². The highest BCUT2D eigenvalue weighted by molar-refractivity contribution is 5.43. The molecular weight excluding hydrogens is 280 g/mol. The van der Waals surface area contributed by atoms with Gasteiger partial charge in [-0.3, -0.25) is 0 Å². The first-order chi connectivity index (χ1) is 10.7. The van der Waals surface area contributed by atoms with Crippen molar-refractivity contribution in [2.24, 2.45) is 0 Å². The first-order valence-corrected chi connectivity index (χ1v) is 7.13. The molecule has 118 valence electrons. The van der Waals surface area contributed by atoms with Crippen LogP contribution in [0.1, 0.15) is 11.1 Å². The van der Waals surface area contributed by atoms with Gasteiger partial charge < -0.3 is 18.9 Å². The summed E-state index contributed by atoms with van der Waals surface area (Å²) < 4.78 is 21.2. The van der Waals surface area contributed by atoms with Gasteiger partial charge in [0, 0.05) is 6.07 Å². The minimum Gasteiger partial charge on any atom is -0.497 e. The second-order valence-corrected chi connectivity index (χ2v) is 4.91. The van der Waals surface area contributed by atoms with E-state index in [1.807, 2.05) is 30.3 Å². The van der Waals surface area contributed by atoms with Crippen LogP contribution in [-0.4, -0.2) is 28.4 Å². The number of hydrogen-bond acceptors (Lipinski definition) is 4. The van der Waals surface area contributed by atoms with Gasteiger partial charge in [0.05, 0.1) is 28.4 Å². The summed E-state index contributed by atoms with van der Waals surface area (Å²) in [7, 11) is 6.61. The van der Waals surface area contributed by atoms with Crippen molar-refractivity contribution in [1.82, 2.24) is 0 Å². The van der Waals surface area contributed by atoms with Crippen LogP contribution in [0.15, 0.2) is 36.4 Å². The summed E-state index contributed by atoms with van der Waals surface area (Å²) in [6.07, 6.45) is 1.79. The van der Waals surface area contributed by atoms with Crippen molar-refractivity contribution in [3.63, 3.8) is 0 Å². The Hall–Kier alpha value is -2.36. The number of benzene rings is 2.